The van der Waals surface area contributed by atoms with Gasteiger partial charge < -0.3 is 5.32 Å². The largest absolute Gasteiger partial charge is 0.384 e. The van der Waals surface area contributed by atoms with E-state index in [-0.39, 0.29) is 16.3 Å². The summed E-state index contributed by atoms with van der Waals surface area (Å²) in [5.74, 6) is -1.38. The average molecular weight is 231 g/mol. The van der Waals surface area contributed by atoms with Crippen molar-refractivity contribution in [3.63, 3.8) is 0 Å². The van der Waals surface area contributed by atoms with Crippen LogP contribution in [0, 0.1) is 11.3 Å². The second-order valence-electron chi connectivity index (χ2n) is 2.40. The van der Waals surface area contributed by atoms with Crippen molar-refractivity contribution in [1.29, 1.82) is 5.26 Å². The fourth-order valence-corrected chi connectivity index (χ4v) is 1.35. The van der Waals surface area contributed by atoms with Crippen LogP contribution < -0.4 is 5.32 Å². The molecule has 6 heteroatoms. The lowest BCUT2D eigenvalue weighted by atomic mass is 10.0. The van der Waals surface area contributed by atoms with Gasteiger partial charge in [-0.15, -0.1) is 0 Å². The lowest BCUT2D eigenvalue weighted by molar-refractivity contribution is -0.115. The van der Waals surface area contributed by atoms with Gasteiger partial charge in [-0.1, -0.05) is 23.2 Å². The van der Waals surface area contributed by atoms with Gasteiger partial charge in [0.25, 0.3) is 0 Å². The molecule has 4 nitrogen and oxygen atoms in total. The minimum absolute atomic E-state index is 0.119. The van der Waals surface area contributed by atoms with Gasteiger partial charge in [0.05, 0.1) is 0 Å². The van der Waals surface area contributed by atoms with E-state index in [1.54, 1.807) is 6.07 Å². The van der Waals surface area contributed by atoms with E-state index in [4.69, 9.17) is 28.5 Å². The number of allylic oxidation sites excluding steroid dienone is 3. The SMILES string of the molecule is CNC1=C(C#N)C(=O)C(Cl)=C(Cl)C1=O. The van der Waals surface area contributed by atoms with Crippen LogP contribution >= 0.6 is 23.2 Å². The second-order valence-corrected chi connectivity index (χ2v) is 3.15. The molecule has 0 radical (unpaired) electrons. The maximum absolute atomic E-state index is 11.4. The summed E-state index contributed by atoms with van der Waals surface area (Å²) in [6, 6.07) is 1.61. The molecular formula is C8H4Cl2N2O2. The van der Waals surface area contributed by atoms with Gasteiger partial charge in [0.15, 0.2) is 0 Å². The summed E-state index contributed by atoms with van der Waals surface area (Å²) in [6.07, 6.45) is 0. The smallest absolute Gasteiger partial charge is 0.223 e. The molecule has 0 atom stereocenters. The minimum atomic E-state index is -0.733. The predicted molar refractivity (Wildman–Crippen MR) is 50.4 cm³/mol. The second kappa shape index (κ2) is 3.82. The number of Topliss-reactive ketones (excluding diaryl/α,β-unsaturated/α-hetero) is 2. The molecule has 0 amide bonds. The van der Waals surface area contributed by atoms with Crippen LogP contribution in [0.1, 0.15) is 0 Å². The van der Waals surface area contributed by atoms with Crippen LogP contribution in [-0.2, 0) is 9.59 Å². The Morgan fingerprint density at radius 3 is 2.14 bits per heavy atom. The van der Waals surface area contributed by atoms with Crippen molar-refractivity contribution in [1.82, 2.24) is 5.32 Å². The summed E-state index contributed by atoms with van der Waals surface area (Å²) in [6.45, 7) is 0. The first-order valence-electron chi connectivity index (χ1n) is 3.51. The van der Waals surface area contributed by atoms with Gasteiger partial charge in [-0.25, -0.2) is 0 Å². The monoisotopic (exact) mass is 230 g/mol. The van der Waals surface area contributed by atoms with E-state index in [1.165, 1.54) is 7.05 Å². The molecular weight excluding hydrogens is 227 g/mol. The summed E-state index contributed by atoms with van der Waals surface area (Å²) in [7, 11) is 1.42. The van der Waals surface area contributed by atoms with Gasteiger partial charge in [-0.2, -0.15) is 5.26 Å². The third-order valence-corrected chi connectivity index (χ3v) is 2.48. The van der Waals surface area contributed by atoms with Gasteiger partial charge in [-0.05, 0) is 0 Å². The Morgan fingerprint density at radius 1 is 1.21 bits per heavy atom. The third-order valence-electron chi connectivity index (χ3n) is 1.66. The molecule has 0 aromatic carbocycles. The molecule has 1 aliphatic carbocycles. The first-order chi connectivity index (χ1) is 6.54. The standard InChI is InChI=1S/C8H4Cl2N2O2/c1-12-6-3(2-11)7(13)4(9)5(10)8(6)14/h12H,1H3. The van der Waals surface area contributed by atoms with Crippen LogP contribution in [0.3, 0.4) is 0 Å². The van der Waals surface area contributed by atoms with E-state index in [9.17, 15) is 9.59 Å². The molecule has 0 heterocycles. The molecule has 1 N–H and O–H groups in total. The maximum Gasteiger partial charge on any atom is 0.223 e. The quantitative estimate of drug-likeness (QED) is 0.678. The summed E-state index contributed by atoms with van der Waals surface area (Å²) in [5, 5.41) is 10.3. The molecule has 0 bridgehead atoms. The molecule has 0 aromatic heterocycles. The van der Waals surface area contributed by atoms with Crippen LogP contribution in [-0.4, -0.2) is 18.6 Å². The summed E-state index contributed by atoms with van der Waals surface area (Å²) < 4.78 is 0. The summed E-state index contributed by atoms with van der Waals surface area (Å²) >= 11 is 11.0. The molecule has 0 spiro atoms. The molecule has 0 saturated carbocycles. The van der Waals surface area contributed by atoms with Gasteiger partial charge in [-0.3, -0.25) is 9.59 Å². The first-order valence-corrected chi connectivity index (χ1v) is 4.27. The number of rotatable bonds is 1. The molecule has 1 aliphatic rings. The maximum atomic E-state index is 11.4. The highest BCUT2D eigenvalue weighted by molar-refractivity contribution is 6.59. The zero-order valence-electron chi connectivity index (χ0n) is 7.02. The summed E-state index contributed by atoms with van der Waals surface area (Å²) in [5.41, 5.74) is -0.432. The first kappa shape index (κ1) is 10.8. The number of nitriles is 1. The number of halogens is 2. The third kappa shape index (κ3) is 1.41. The number of carbonyl (C=O) groups is 2. The number of carbonyl (C=O) groups excluding carboxylic acids is 2. The van der Waals surface area contributed by atoms with Gasteiger partial charge in [0.1, 0.15) is 27.4 Å². The predicted octanol–water partition coefficient (Wildman–Crippen LogP) is 0.824. The van der Waals surface area contributed by atoms with Gasteiger partial charge in [0, 0.05) is 7.05 Å². The lowest BCUT2D eigenvalue weighted by Gasteiger charge is -2.13. The lowest BCUT2D eigenvalue weighted by Crippen LogP contribution is -2.26. The van der Waals surface area contributed by atoms with Crippen molar-refractivity contribution in [3.8, 4) is 6.07 Å². The fourth-order valence-electron chi connectivity index (χ4n) is 0.991. The van der Waals surface area contributed by atoms with E-state index < -0.39 is 16.6 Å². The van der Waals surface area contributed by atoms with E-state index >= 15 is 0 Å². The highest BCUT2D eigenvalue weighted by atomic mass is 35.5. The molecule has 0 unspecified atom stereocenters. The van der Waals surface area contributed by atoms with E-state index in [0.29, 0.717) is 0 Å². The molecule has 1 rings (SSSR count). The summed E-state index contributed by atoms with van der Waals surface area (Å²) in [4.78, 5) is 22.7. The number of nitrogens with zero attached hydrogens (tertiary/aromatic N) is 1. The Hall–Kier alpha value is -1.31. The Labute approximate surface area is 89.8 Å². The number of likely N-dealkylation sites (N-methyl/N-ethyl adjacent to an activating group) is 1. The number of hydrogen-bond donors (Lipinski definition) is 1. The van der Waals surface area contributed by atoms with Gasteiger partial charge in [0.2, 0.25) is 11.6 Å². The van der Waals surface area contributed by atoms with Crippen molar-refractivity contribution in [2.45, 2.75) is 0 Å². The topological polar surface area (TPSA) is 70.0 Å². The zero-order valence-corrected chi connectivity index (χ0v) is 8.53. The van der Waals surface area contributed by atoms with Crippen molar-refractivity contribution in [2.75, 3.05) is 7.05 Å². The fraction of sp³-hybridized carbons (Fsp3) is 0.125. The number of nitrogens with one attached hydrogen (secondary N) is 1. The van der Waals surface area contributed by atoms with E-state index in [2.05, 4.69) is 5.32 Å². The van der Waals surface area contributed by atoms with Crippen molar-refractivity contribution in [3.05, 3.63) is 21.3 Å². The number of ketones is 2. The highest BCUT2D eigenvalue weighted by Gasteiger charge is 2.32. The Bertz CT molecular complexity index is 429. The van der Waals surface area contributed by atoms with Crippen LogP contribution in [0.25, 0.3) is 0 Å². The van der Waals surface area contributed by atoms with Crippen molar-refractivity contribution < 1.29 is 9.59 Å². The van der Waals surface area contributed by atoms with Crippen LogP contribution in [0.15, 0.2) is 21.3 Å². The van der Waals surface area contributed by atoms with Crippen LogP contribution in [0.4, 0.5) is 0 Å². The Morgan fingerprint density at radius 2 is 1.71 bits per heavy atom. The van der Waals surface area contributed by atoms with Gasteiger partial charge >= 0.3 is 0 Å². The molecule has 0 saturated heterocycles. The Kier molecular flexibility index (Phi) is 2.94. The van der Waals surface area contributed by atoms with E-state index in [1.807, 2.05) is 0 Å². The molecule has 0 aromatic rings. The molecule has 14 heavy (non-hydrogen) atoms. The zero-order chi connectivity index (χ0) is 10.9. The highest BCUT2D eigenvalue weighted by Crippen LogP contribution is 2.27. The number of hydrogen-bond acceptors (Lipinski definition) is 4. The van der Waals surface area contributed by atoms with Crippen LogP contribution in [0.2, 0.25) is 0 Å². The average Bonchev–Trinajstić information content (AvgIpc) is 2.20. The van der Waals surface area contributed by atoms with Crippen LogP contribution in [0.5, 0.6) is 0 Å². The van der Waals surface area contributed by atoms with E-state index in [0.717, 1.165) is 0 Å². The van der Waals surface area contributed by atoms with Crippen molar-refractivity contribution in [2.24, 2.45) is 0 Å². The normalized spacial score (nSPS) is 17.3. The minimum Gasteiger partial charge on any atom is -0.384 e. The molecule has 72 valence electrons. The molecule has 0 fully saturated rings. The Balaban J connectivity index is 3.41. The van der Waals surface area contributed by atoms with Crippen molar-refractivity contribution >= 4 is 34.8 Å². The molecule has 0 aliphatic heterocycles.